The van der Waals surface area contributed by atoms with Gasteiger partial charge in [-0.05, 0) is 6.42 Å². The molecule has 0 aliphatic rings. The van der Waals surface area contributed by atoms with E-state index >= 15 is 0 Å². The third-order valence-electron chi connectivity index (χ3n) is 3.57. The summed E-state index contributed by atoms with van der Waals surface area (Å²) in [6, 6.07) is 0. The zero-order valence-corrected chi connectivity index (χ0v) is 12.9. The molecule has 0 amide bonds. The summed E-state index contributed by atoms with van der Waals surface area (Å²) in [5, 5.41) is 18.0. The molecule has 0 fully saturated rings. The van der Waals surface area contributed by atoms with Gasteiger partial charge in [0, 0.05) is 0 Å². The van der Waals surface area contributed by atoms with Crippen LogP contribution in [0.25, 0.3) is 0 Å². The highest BCUT2D eigenvalue weighted by Gasteiger charge is 2.19. The molecule has 116 valence electrons. The van der Waals surface area contributed by atoms with Gasteiger partial charge in [-0.25, -0.2) is 0 Å². The number of likely N-dealkylation sites (N-methyl/N-ethyl adjacent to an activating group) is 1. The number of rotatable bonds is 14. The van der Waals surface area contributed by atoms with Crippen molar-refractivity contribution in [2.24, 2.45) is 0 Å². The Morgan fingerprint density at radius 3 is 1.89 bits per heavy atom. The molecular weight excluding hydrogens is 242 g/mol. The summed E-state index contributed by atoms with van der Waals surface area (Å²) in [6.45, 7) is 5.15. The monoisotopic (exact) mass is 276 g/mol. The van der Waals surface area contributed by atoms with E-state index in [1.165, 1.54) is 38.5 Å². The Labute approximate surface area is 119 Å². The van der Waals surface area contributed by atoms with Crippen molar-refractivity contribution in [1.82, 2.24) is 0 Å². The molecule has 0 aromatic rings. The lowest BCUT2D eigenvalue weighted by atomic mass is 10.1. The molecule has 0 saturated carbocycles. The number of aliphatic hydroxyl groups excluding tert-OH is 2. The number of nitrogens with zero attached hydrogens (tertiary/aromatic N) is 1. The first-order valence-electron chi connectivity index (χ1n) is 7.81. The van der Waals surface area contributed by atoms with Gasteiger partial charge >= 0.3 is 0 Å². The summed E-state index contributed by atoms with van der Waals surface area (Å²) < 4.78 is 6.27. The first kappa shape index (κ1) is 18.8. The molecule has 0 aliphatic heterocycles. The molecule has 0 aromatic heterocycles. The first-order valence-corrected chi connectivity index (χ1v) is 7.81. The molecule has 2 N–H and O–H groups in total. The third kappa shape index (κ3) is 11.4. The van der Waals surface area contributed by atoms with Crippen molar-refractivity contribution in [2.45, 2.75) is 51.9 Å². The molecule has 0 saturated heterocycles. The highest BCUT2D eigenvalue weighted by Crippen LogP contribution is 2.07. The molecule has 19 heavy (non-hydrogen) atoms. The maximum absolute atomic E-state index is 9.02. The van der Waals surface area contributed by atoms with Gasteiger partial charge in [-0.2, -0.15) is 0 Å². The zero-order chi connectivity index (χ0) is 14.4. The quantitative estimate of drug-likeness (QED) is 0.290. The fourth-order valence-corrected chi connectivity index (χ4v) is 2.17. The van der Waals surface area contributed by atoms with Crippen LogP contribution >= 0.6 is 0 Å². The van der Waals surface area contributed by atoms with E-state index in [4.69, 9.17) is 14.9 Å². The fourth-order valence-electron chi connectivity index (χ4n) is 2.17. The molecule has 4 heteroatoms. The molecule has 0 heterocycles. The summed E-state index contributed by atoms with van der Waals surface area (Å²) in [4.78, 5) is 0. The van der Waals surface area contributed by atoms with Crippen molar-refractivity contribution in [1.29, 1.82) is 0 Å². The maximum atomic E-state index is 9.02. The van der Waals surface area contributed by atoms with Gasteiger partial charge < -0.3 is 14.9 Å². The van der Waals surface area contributed by atoms with Crippen LogP contribution < -0.4 is 0 Å². The van der Waals surface area contributed by atoms with Crippen molar-refractivity contribution in [3.05, 3.63) is 0 Å². The number of hydrogen-bond donors (Lipinski definition) is 2. The minimum absolute atomic E-state index is 0.136. The van der Waals surface area contributed by atoms with Crippen molar-refractivity contribution in [3.63, 3.8) is 0 Å². The van der Waals surface area contributed by atoms with Gasteiger partial charge in [0.2, 0.25) is 0 Å². The molecule has 0 bridgehead atoms. The van der Waals surface area contributed by atoms with Gasteiger partial charge in [0.15, 0.2) is 6.73 Å². The average molecular weight is 276 g/mol. The van der Waals surface area contributed by atoms with Gasteiger partial charge in [0.05, 0.1) is 26.9 Å². The van der Waals surface area contributed by atoms with E-state index in [-0.39, 0.29) is 13.2 Å². The molecule has 0 aromatic carbocycles. The lowest BCUT2D eigenvalue weighted by molar-refractivity contribution is -0.928. The smallest absolute Gasteiger partial charge is 0.183 e. The highest BCUT2D eigenvalue weighted by atomic mass is 16.5. The van der Waals surface area contributed by atoms with Crippen molar-refractivity contribution >= 4 is 0 Å². The fraction of sp³-hybridized carbons (Fsp3) is 1.00. The molecular formula is C15H34NO3+. The van der Waals surface area contributed by atoms with E-state index in [2.05, 4.69) is 6.92 Å². The van der Waals surface area contributed by atoms with Crippen LogP contribution in [0.1, 0.15) is 51.9 Å². The summed E-state index contributed by atoms with van der Waals surface area (Å²) in [7, 11) is 2.01. The Hall–Kier alpha value is -0.160. The lowest BCUT2D eigenvalue weighted by Crippen LogP contribution is -2.49. The molecule has 4 nitrogen and oxygen atoms in total. The van der Waals surface area contributed by atoms with Gasteiger partial charge in [-0.1, -0.05) is 45.4 Å². The van der Waals surface area contributed by atoms with Crippen LogP contribution in [0.3, 0.4) is 0 Å². The minimum atomic E-state index is 0.136. The molecule has 0 atom stereocenters. The average Bonchev–Trinajstić information content (AvgIpc) is 2.37. The Kier molecular flexibility index (Phi) is 12.7. The topological polar surface area (TPSA) is 49.7 Å². The second-order valence-electron chi connectivity index (χ2n) is 5.67. The number of ether oxygens (including phenoxy) is 1. The van der Waals surface area contributed by atoms with E-state index < -0.39 is 0 Å². The minimum Gasteiger partial charge on any atom is -0.391 e. The van der Waals surface area contributed by atoms with Crippen LogP contribution in [0.2, 0.25) is 0 Å². The number of hydrogen-bond acceptors (Lipinski definition) is 3. The van der Waals surface area contributed by atoms with Crippen LogP contribution in [-0.2, 0) is 4.74 Å². The first-order chi connectivity index (χ1) is 9.18. The second kappa shape index (κ2) is 12.9. The third-order valence-corrected chi connectivity index (χ3v) is 3.57. The van der Waals surface area contributed by atoms with Gasteiger partial charge in [0.25, 0.3) is 0 Å². The van der Waals surface area contributed by atoms with Crippen molar-refractivity contribution in [2.75, 3.05) is 46.7 Å². The number of aliphatic hydroxyl groups is 2. The summed E-state index contributed by atoms with van der Waals surface area (Å²) in [5.74, 6) is 0. The molecule has 0 radical (unpaired) electrons. The van der Waals surface area contributed by atoms with Crippen LogP contribution in [-0.4, -0.2) is 61.4 Å². The van der Waals surface area contributed by atoms with Crippen molar-refractivity contribution in [3.8, 4) is 0 Å². The van der Waals surface area contributed by atoms with E-state index in [1.54, 1.807) is 0 Å². The van der Waals surface area contributed by atoms with E-state index in [0.29, 0.717) is 24.3 Å². The van der Waals surface area contributed by atoms with E-state index in [1.807, 2.05) is 7.05 Å². The summed E-state index contributed by atoms with van der Waals surface area (Å²) in [5.41, 5.74) is 0. The van der Waals surface area contributed by atoms with E-state index in [9.17, 15) is 0 Å². The summed E-state index contributed by atoms with van der Waals surface area (Å²) >= 11 is 0. The Morgan fingerprint density at radius 1 is 0.842 bits per heavy atom. The lowest BCUT2D eigenvalue weighted by Gasteiger charge is -2.32. The van der Waals surface area contributed by atoms with Crippen LogP contribution in [0.15, 0.2) is 0 Å². The molecule has 0 spiro atoms. The Morgan fingerprint density at radius 2 is 1.37 bits per heavy atom. The number of unbranched alkanes of at least 4 members (excludes halogenated alkanes) is 6. The Bertz CT molecular complexity index is 182. The SMILES string of the molecule is CCCCCCCCCOC[N+](C)(CCO)CCO. The Balaban J connectivity index is 3.44. The van der Waals surface area contributed by atoms with Gasteiger partial charge in [-0.15, -0.1) is 0 Å². The maximum Gasteiger partial charge on any atom is 0.183 e. The van der Waals surface area contributed by atoms with Crippen LogP contribution in [0.4, 0.5) is 0 Å². The normalized spacial score (nSPS) is 12.0. The molecule has 0 aliphatic carbocycles. The zero-order valence-electron chi connectivity index (χ0n) is 12.9. The molecule has 0 rings (SSSR count). The van der Waals surface area contributed by atoms with Gasteiger partial charge in [-0.3, -0.25) is 4.48 Å². The highest BCUT2D eigenvalue weighted by molar-refractivity contribution is 4.44. The molecule has 0 unspecified atom stereocenters. The largest absolute Gasteiger partial charge is 0.391 e. The predicted molar refractivity (Wildman–Crippen MR) is 78.9 cm³/mol. The summed E-state index contributed by atoms with van der Waals surface area (Å²) in [6.07, 6.45) is 9.03. The van der Waals surface area contributed by atoms with E-state index in [0.717, 1.165) is 13.0 Å². The predicted octanol–water partition coefficient (Wildman–Crippen LogP) is 2.14. The van der Waals surface area contributed by atoms with Crippen LogP contribution in [0.5, 0.6) is 0 Å². The van der Waals surface area contributed by atoms with Gasteiger partial charge in [0.1, 0.15) is 13.1 Å². The van der Waals surface area contributed by atoms with Crippen LogP contribution in [0, 0.1) is 0 Å². The standard InChI is InChI=1S/C15H34NO3/c1-3-4-5-6-7-8-9-14-19-15-16(2,10-12-17)11-13-18/h17-18H,3-15H2,1-2H3/q+1. The second-order valence-corrected chi connectivity index (χ2v) is 5.67. The number of quaternary nitrogens is 1. The van der Waals surface area contributed by atoms with Crippen molar-refractivity contribution < 1.29 is 19.4 Å².